The minimum atomic E-state index is -4.41. The van der Waals surface area contributed by atoms with Gasteiger partial charge < -0.3 is 20.1 Å². The summed E-state index contributed by atoms with van der Waals surface area (Å²) in [5, 5.41) is 0. The van der Waals surface area contributed by atoms with Crippen LogP contribution in [0.5, 0.6) is 0 Å². The van der Waals surface area contributed by atoms with E-state index in [1.165, 1.54) is 96.3 Å². The van der Waals surface area contributed by atoms with Gasteiger partial charge >= 0.3 is 19.8 Å². The van der Waals surface area contributed by atoms with Gasteiger partial charge in [0.2, 0.25) is 0 Å². The number of ether oxygens (including phenoxy) is 2. The quantitative estimate of drug-likeness (QED) is 0.0264. The molecule has 0 bridgehead atoms. The van der Waals surface area contributed by atoms with E-state index in [1.807, 2.05) is 0 Å². The first-order chi connectivity index (χ1) is 41.8. The predicted molar refractivity (Wildman–Crippen MR) is 366 cm³/mol. The third kappa shape index (κ3) is 68.4. The van der Waals surface area contributed by atoms with Crippen molar-refractivity contribution in [2.45, 2.75) is 264 Å². The number of esters is 2. The Morgan fingerprint density at radius 3 is 0.918 bits per heavy atom. The number of allylic oxidation sites excluding steroid dienone is 28. The fourth-order valence-electron chi connectivity index (χ4n) is 8.71. The summed E-state index contributed by atoms with van der Waals surface area (Å²) < 4.78 is 33.1. The van der Waals surface area contributed by atoms with E-state index in [4.69, 9.17) is 24.3 Å². The summed E-state index contributed by atoms with van der Waals surface area (Å²) in [6, 6.07) is 0. The zero-order valence-electron chi connectivity index (χ0n) is 53.8. The molecule has 0 fully saturated rings. The summed E-state index contributed by atoms with van der Waals surface area (Å²) >= 11 is 0. The van der Waals surface area contributed by atoms with Gasteiger partial charge in [-0.05, 0) is 128 Å². The number of hydrogen-bond donors (Lipinski definition) is 2. The van der Waals surface area contributed by atoms with Gasteiger partial charge in [0.25, 0.3) is 0 Å². The number of phosphoric ester groups is 1. The van der Waals surface area contributed by atoms with Crippen LogP contribution in [0, 0.1) is 0 Å². The van der Waals surface area contributed by atoms with Crippen molar-refractivity contribution in [2.24, 2.45) is 5.73 Å². The van der Waals surface area contributed by atoms with Crippen molar-refractivity contribution in [2.75, 3.05) is 26.4 Å². The van der Waals surface area contributed by atoms with Gasteiger partial charge in [-0.3, -0.25) is 18.6 Å². The Labute approximate surface area is 521 Å². The van der Waals surface area contributed by atoms with Crippen LogP contribution in [0.1, 0.15) is 258 Å². The lowest BCUT2D eigenvalue weighted by Crippen LogP contribution is -2.29. The lowest BCUT2D eigenvalue weighted by molar-refractivity contribution is -0.161. The second-order valence-corrected chi connectivity index (χ2v) is 23.0. The molecule has 0 radical (unpaired) electrons. The van der Waals surface area contributed by atoms with Crippen LogP contribution in [0.2, 0.25) is 0 Å². The Kier molecular flexibility index (Phi) is 64.8. The number of rotatable bonds is 61. The number of hydrogen-bond acceptors (Lipinski definition) is 8. The summed E-state index contributed by atoms with van der Waals surface area (Å²) in [7, 11) is -4.41. The Morgan fingerprint density at radius 1 is 0.353 bits per heavy atom. The first kappa shape index (κ1) is 80.4. The van der Waals surface area contributed by atoms with Crippen molar-refractivity contribution in [3.63, 3.8) is 0 Å². The maximum absolute atomic E-state index is 12.7. The molecule has 0 aromatic carbocycles. The molecular formula is C75H122NO8P. The van der Waals surface area contributed by atoms with Crippen molar-refractivity contribution in [3.05, 3.63) is 170 Å². The van der Waals surface area contributed by atoms with Crippen molar-refractivity contribution in [1.29, 1.82) is 0 Å². The molecule has 0 aromatic rings. The van der Waals surface area contributed by atoms with Crippen LogP contribution in [-0.2, 0) is 32.7 Å². The number of unbranched alkanes of at least 4 members (excludes halogenated alkanes) is 20. The van der Waals surface area contributed by atoms with Gasteiger partial charge in [-0.2, -0.15) is 0 Å². The average Bonchev–Trinajstić information content (AvgIpc) is 3.52. The monoisotopic (exact) mass is 1200 g/mol. The summed E-state index contributed by atoms with van der Waals surface area (Å²) in [5.74, 6) is -0.873. The van der Waals surface area contributed by atoms with Gasteiger partial charge in [-0.1, -0.05) is 287 Å². The van der Waals surface area contributed by atoms with Crippen molar-refractivity contribution in [1.82, 2.24) is 0 Å². The molecule has 480 valence electrons. The van der Waals surface area contributed by atoms with E-state index in [0.29, 0.717) is 6.42 Å². The highest BCUT2D eigenvalue weighted by atomic mass is 31.2. The number of carbonyl (C=O) groups excluding carboxylic acids is 2. The van der Waals surface area contributed by atoms with E-state index in [9.17, 15) is 19.0 Å². The first-order valence-electron chi connectivity index (χ1n) is 33.6. The summed E-state index contributed by atoms with van der Waals surface area (Å²) in [5.41, 5.74) is 5.39. The molecule has 3 N–H and O–H groups in total. The normalized spacial score (nSPS) is 14.1. The molecule has 0 aliphatic rings. The Bertz CT molecular complexity index is 2000. The minimum absolute atomic E-state index is 0.0394. The molecule has 0 aliphatic carbocycles. The zero-order valence-corrected chi connectivity index (χ0v) is 54.7. The second kappa shape index (κ2) is 68.5. The molecule has 0 aromatic heterocycles. The minimum Gasteiger partial charge on any atom is -0.462 e. The summed E-state index contributed by atoms with van der Waals surface area (Å²) in [4.78, 5) is 35.3. The van der Waals surface area contributed by atoms with Crippen LogP contribution in [0.15, 0.2) is 170 Å². The maximum Gasteiger partial charge on any atom is 0.472 e. The number of carbonyl (C=O) groups is 2. The largest absolute Gasteiger partial charge is 0.472 e. The van der Waals surface area contributed by atoms with Gasteiger partial charge in [-0.25, -0.2) is 4.57 Å². The van der Waals surface area contributed by atoms with Crippen LogP contribution in [0.25, 0.3) is 0 Å². The molecule has 0 heterocycles. The molecule has 0 aliphatic heterocycles. The molecule has 2 atom stereocenters. The van der Waals surface area contributed by atoms with Crippen molar-refractivity contribution in [3.8, 4) is 0 Å². The summed E-state index contributed by atoms with van der Waals surface area (Å²) in [6.45, 7) is 3.47. The Morgan fingerprint density at radius 2 is 0.612 bits per heavy atom. The average molecular weight is 1200 g/mol. The molecular weight excluding hydrogens is 1070 g/mol. The van der Waals surface area contributed by atoms with Crippen molar-refractivity contribution >= 4 is 19.8 Å². The third-order valence-electron chi connectivity index (χ3n) is 13.6. The molecule has 0 amide bonds. The molecule has 2 unspecified atom stereocenters. The molecule has 0 spiro atoms. The third-order valence-corrected chi connectivity index (χ3v) is 14.6. The lowest BCUT2D eigenvalue weighted by atomic mass is 10.0. The van der Waals surface area contributed by atoms with E-state index >= 15 is 0 Å². The molecule has 9 nitrogen and oxygen atoms in total. The second-order valence-electron chi connectivity index (χ2n) is 21.6. The summed E-state index contributed by atoms with van der Waals surface area (Å²) in [6.07, 6.45) is 101. The van der Waals surface area contributed by atoms with Gasteiger partial charge in [0.15, 0.2) is 6.10 Å². The molecule has 0 saturated carbocycles. The SMILES string of the molecule is CC/C=C\C/C=C\C/C=C\C/C=C\C/C=C\C/C=C\C/C=C\C/C=C\C/C=C\CCCCCC(=O)OC(COC(=O)CCCCCCCCCCCCCCCCCCC/C=C\C/C=C\C/C=C\C/C=C\C/C=C\CC)COP(=O)(O)OCCN. The molecule has 0 rings (SSSR count). The van der Waals surface area contributed by atoms with Crippen LogP contribution in [-0.4, -0.2) is 49.3 Å². The van der Waals surface area contributed by atoms with Gasteiger partial charge in [0.1, 0.15) is 6.61 Å². The fraction of sp³-hybridized carbons (Fsp3) is 0.600. The topological polar surface area (TPSA) is 134 Å². The maximum atomic E-state index is 12.7. The molecule has 0 saturated heterocycles. The van der Waals surface area contributed by atoms with E-state index in [0.717, 1.165) is 128 Å². The highest BCUT2D eigenvalue weighted by Crippen LogP contribution is 2.43. The zero-order chi connectivity index (χ0) is 61.6. The predicted octanol–water partition coefficient (Wildman–Crippen LogP) is 22.2. The standard InChI is InChI=1S/C75H122NO8P/c1-3-5-7-9-11-13-15-17-19-21-23-25-27-29-31-33-35-36-38-39-41-43-45-47-49-51-53-55-57-59-61-63-65-67-74(77)81-71-73(72-83-85(79,80)82-70-69-76)84-75(78)68-66-64-62-60-58-56-54-52-50-48-46-44-42-40-37-34-32-30-28-26-24-22-20-18-16-14-12-10-8-6-4-2/h5-8,11-14,17-20,23-26,29-32,37,40,44,46,50,52,56,58,73H,3-4,9-10,15-16,21-22,27-28,33-36,38-39,41-43,45,47-49,51,53-55,57,59-72,76H2,1-2H3,(H,79,80)/b7-5-,8-6-,13-11-,14-12-,19-17-,20-18-,25-23-,26-24-,31-29-,32-30-,40-37-,46-44-,52-50-,58-56-. The first-order valence-corrected chi connectivity index (χ1v) is 35.1. The highest BCUT2D eigenvalue weighted by molar-refractivity contribution is 7.47. The highest BCUT2D eigenvalue weighted by Gasteiger charge is 2.26. The van der Waals surface area contributed by atoms with Crippen LogP contribution in [0.3, 0.4) is 0 Å². The molecule has 10 heteroatoms. The van der Waals surface area contributed by atoms with E-state index < -0.39 is 32.5 Å². The van der Waals surface area contributed by atoms with Crippen LogP contribution < -0.4 is 5.73 Å². The Balaban J connectivity index is 4.01. The van der Waals surface area contributed by atoms with Crippen LogP contribution >= 0.6 is 7.82 Å². The van der Waals surface area contributed by atoms with Gasteiger partial charge in [0.05, 0.1) is 13.2 Å². The number of nitrogens with two attached hydrogens (primary N) is 1. The fourth-order valence-corrected chi connectivity index (χ4v) is 9.48. The van der Waals surface area contributed by atoms with Gasteiger partial charge in [0, 0.05) is 19.4 Å². The Hall–Kier alpha value is -4.63. The van der Waals surface area contributed by atoms with E-state index in [1.54, 1.807) is 0 Å². The number of phosphoric acid groups is 1. The van der Waals surface area contributed by atoms with Gasteiger partial charge in [-0.15, -0.1) is 0 Å². The lowest BCUT2D eigenvalue weighted by Gasteiger charge is -2.19. The van der Waals surface area contributed by atoms with E-state index in [2.05, 4.69) is 184 Å². The smallest absolute Gasteiger partial charge is 0.462 e. The van der Waals surface area contributed by atoms with Crippen molar-refractivity contribution < 1.29 is 37.6 Å². The van der Waals surface area contributed by atoms with Crippen LogP contribution in [0.4, 0.5) is 0 Å². The molecule has 85 heavy (non-hydrogen) atoms. The van der Waals surface area contributed by atoms with E-state index in [-0.39, 0.29) is 32.6 Å².